The molecule has 1 aliphatic rings. The summed E-state index contributed by atoms with van der Waals surface area (Å²) in [6, 6.07) is 12.3. The van der Waals surface area contributed by atoms with Crippen LogP contribution in [0.25, 0.3) is 0 Å². The van der Waals surface area contributed by atoms with E-state index >= 15 is 0 Å². The largest absolute Gasteiger partial charge is 0.472 e. The van der Waals surface area contributed by atoms with Crippen LogP contribution in [-0.2, 0) is 4.79 Å². The van der Waals surface area contributed by atoms with Gasteiger partial charge in [-0.2, -0.15) is 0 Å². The third-order valence-electron chi connectivity index (χ3n) is 3.56. The third-order valence-corrected chi connectivity index (χ3v) is 3.56. The monoisotopic (exact) mass is 315 g/mol. The zero-order chi connectivity index (χ0) is 16.4. The number of β-amino-alcohol motifs (C(OH)–C–C–N with tert-alkyl or cyclic N) is 1. The minimum absolute atomic E-state index is 0.0918. The second-order valence-corrected chi connectivity index (χ2v) is 5.25. The van der Waals surface area contributed by atoms with E-state index in [1.165, 1.54) is 4.90 Å². The number of anilines is 2. The molecule has 1 amide bonds. The van der Waals surface area contributed by atoms with Crippen molar-refractivity contribution in [1.82, 2.24) is 4.98 Å². The molecule has 0 bridgehead atoms. The number of nitrogens with two attached hydrogens (primary N) is 1. The molecule has 0 saturated carbocycles. The van der Waals surface area contributed by atoms with Gasteiger partial charge in [0.05, 0.1) is 19.3 Å². The van der Waals surface area contributed by atoms with Crippen LogP contribution in [-0.4, -0.2) is 40.4 Å². The molecule has 2 aromatic rings. The van der Waals surface area contributed by atoms with Crippen LogP contribution in [0.1, 0.15) is 11.7 Å². The number of hydrogen-bond donors (Lipinski definition) is 3. The molecule has 2 heterocycles. The van der Waals surface area contributed by atoms with Crippen LogP contribution < -0.4 is 15.4 Å². The van der Waals surface area contributed by atoms with Crippen LogP contribution >= 0.6 is 0 Å². The normalized spacial score (nSPS) is 18.3. The summed E-state index contributed by atoms with van der Waals surface area (Å²) >= 11 is 0. The third kappa shape index (κ3) is 2.96. The average Bonchev–Trinajstić information content (AvgIpc) is 2.58. The predicted molar refractivity (Wildman–Crippen MR) is 83.9 cm³/mol. The lowest BCUT2D eigenvalue weighted by atomic mass is 10.1. The lowest BCUT2D eigenvalue weighted by Gasteiger charge is -2.34. The zero-order valence-corrected chi connectivity index (χ0v) is 12.3. The number of carbonyl (C=O) groups is 1. The van der Waals surface area contributed by atoms with Gasteiger partial charge in [0.15, 0.2) is 11.6 Å². The summed E-state index contributed by atoms with van der Waals surface area (Å²) < 4.78 is 5.78. The fourth-order valence-electron chi connectivity index (χ4n) is 2.44. The Morgan fingerprint density at radius 3 is 2.70 bits per heavy atom. The molecule has 1 aromatic carbocycles. The van der Waals surface area contributed by atoms with Gasteiger partial charge in [-0.05, 0) is 12.1 Å². The first-order valence-corrected chi connectivity index (χ1v) is 7.18. The van der Waals surface area contributed by atoms with Gasteiger partial charge in [0.2, 0.25) is 6.10 Å². The topological polar surface area (TPSA) is 109 Å². The van der Waals surface area contributed by atoms with Gasteiger partial charge in [-0.1, -0.05) is 30.3 Å². The molecule has 120 valence electrons. The fourth-order valence-corrected chi connectivity index (χ4v) is 2.44. The smallest absolute Gasteiger partial charge is 0.274 e. The molecule has 1 aliphatic heterocycles. The molecule has 3 rings (SSSR count). The molecule has 0 spiro atoms. The molecule has 7 nitrogen and oxygen atoms in total. The number of aromatic nitrogens is 1. The second kappa shape index (κ2) is 6.23. The molecule has 7 heteroatoms. The number of rotatable bonds is 4. The first kappa shape index (κ1) is 15.3. The molecule has 23 heavy (non-hydrogen) atoms. The number of nitrogen functional groups attached to an aromatic ring is 1. The molecular weight excluding hydrogens is 298 g/mol. The first-order valence-electron chi connectivity index (χ1n) is 7.18. The van der Waals surface area contributed by atoms with E-state index in [0.29, 0.717) is 11.3 Å². The Labute approximate surface area is 132 Å². The number of benzene rings is 1. The summed E-state index contributed by atoms with van der Waals surface area (Å²) in [6.07, 6.45) is -1.91. The van der Waals surface area contributed by atoms with Crippen molar-refractivity contribution in [3.8, 4) is 5.75 Å². The lowest BCUT2D eigenvalue weighted by molar-refractivity contribution is -0.127. The van der Waals surface area contributed by atoms with Crippen molar-refractivity contribution in [3.63, 3.8) is 0 Å². The number of carbonyl (C=O) groups excluding carboxylic acids is 1. The van der Waals surface area contributed by atoms with E-state index in [2.05, 4.69) is 4.98 Å². The molecule has 2 atom stereocenters. The molecule has 4 N–H and O–H groups in total. The van der Waals surface area contributed by atoms with Gasteiger partial charge in [0.25, 0.3) is 5.91 Å². The molecular formula is C16H17N3O4. The fraction of sp³-hybridized carbons (Fsp3) is 0.250. The number of pyridine rings is 1. The van der Waals surface area contributed by atoms with Crippen molar-refractivity contribution in [3.05, 3.63) is 48.0 Å². The van der Waals surface area contributed by atoms with Gasteiger partial charge in [-0.25, -0.2) is 4.98 Å². The van der Waals surface area contributed by atoms with Crippen molar-refractivity contribution < 1.29 is 19.7 Å². The van der Waals surface area contributed by atoms with Gasteiger partial charge in [0, 0.05) is 5.56 Å². The molecule has 0 aliphatic carbocycles. The summed E-state index contributed by atoms with van der Waals surface area (Å²) in [5.74, 6) is 0.517. The Morgan fingerprint density at radius 2 is 2.00 bits per heavy atom. The van der Waals surface area contributed by atoms with Crippen molar-refractivity contribution in [2.24, 2.45) is 0 Å². The van der Waals surface area contributed by atoms with Gasteiger partial charge in [0.1, 0.15) is 5.82 Å². The van der Waals surface area contributed by atoms with E-state index in [9.17, 15) is 9.90 Å². The van der Waals surface area contributed by atoms with Gasteiger partial charge in [-0.3, -0.25) is 9.69 Å². The maximum atomic E-state index is 12.8. The zero-order valence-electron chi connectivity index (χ0n) is 12.3. The van der Waals surface area contributed by atoms with E-state index in [-0.39, 0.29) is 24.1 Å². The van der Waals surface area contributed by atoms with Crippen LogP contribution in [0.4, 0.5) is 11.6 Å². The van der Waals surface area contributed by atoms with Gasteiger partial charge < -0.3 is 20.7 Å². The van der Waals surface area contributed by atoms with Crippen molar-refractivity contribution in [2.75, 3.05) is 23.8 Å². The predicted octanol–water partition coefficient (Wildman–Crippen LogP) is 0.484. The number of nitrogens with zero attached hydrogens (tertiary/aromatic N) is 2. The van der Waals surface area contributed by atoms with E-state index in [1.807, 2.05) is 18.2 Å². The summed E-state index contributed by atoms with van der Waals surface area (Å²) in [6.45, 7) is -0.552. The standard InChI is InChI=1S/C16H17N3O4/c17-13-7-6-12-15(18-13)19(8-11(21)9-20)16(22)14(23-12)10-4-2-1-3-5-10/h1-7,11,14,20-21H,8-9H2,(H2,17,18). The maximum Gasteiger partial charge on any atom is 0.274 e. The van der Waals surface area contributed by atoms with Crippen LogP contribution in [0.3, 0.4) is 0 Å². The second-order valence-electron chi connectivity index (χ2n) is 5.25. The number of hydrogen-bond acceptors (Lipinski definition) is 6. The number of aliphatic hydroxyl groups is 2. The highest BCUT2D eigenvalue weighted by Gasteiger charge is 2.37. The van der Waals surface area contributed by atoms with Gasteiger partial charge >= 0.3 is 0 Å². The number of fused-ring (bicyclic) bond motifs is 1. The number of aliphatic hydroxyl groups excluding tert-OH is 2. The van der Waals surface area contributed by atoms with Crippen LogP contribution in [0.2, 0.25) is 0 Å². The summed E-state index contributed by atoms with van der Waals surface area (Å²) in [4.78, 5) is 18.2. The Morgan fingerprint density at radius 1 is 1.26 bits per heavy atom. The molecule has 2 unspecified atom stereocenters. The minimum atomic E-state index is -1.08. The van der Waals surface area contributed by atoms with Crippen molar-refractivity contribution >= 4 is 17.5 Å². The van der Waals surface area contributed by atoms with E-state index < -0.39 is 18.8 Å². The molecule has 0 radical (unpaired) electrons. The maximum absolute atomic E-state index is 12.8. The van der Waals surface area contributed by atoms with E-state index in [4.69, 9.17) is 15.6 Å². The average molecular weight is 315 g/mol. The number of ether oxygens (including phenoxy) is 1. The van der Waals surface area contributed by atoms with Crippen LogP contribution in [0, 0.1) is 0 Å². The lowest BCUT2D eigenvalue weighted by Crippen LogP contribution is -2.46. The van der Waals surface area contributed by atoms with Crippen molar-refractivity contribution in [2.45, 2.75) is 12.2 Å². The summed E-state index contributed by atoms with van der Waals surface area (Å²) in [5.41, 5.74) is 6.38. The Bertz CT molecular complexity index is 708. The van der Waals surface area contributed by atoms with E-state index in [1.54, 1.807) is 24.3 Å². The Hall–Kier alpha value is -2.64. The highest BCUT2D eigenvalue weighted by Crippen LogP contribution is 2.38. The van der Waals surface area contributed by atoms with Crippen LogP contribution in [0.5, 0.6) is 5.75 Å². The summed E-state index contributed by atoms with van der Waals surface area (Å²) in [7, 11) is 0. The Balaban J connectivity index is 2.02. The quantitative estimate of drug-likeness (QED) is 0.757. The Kier molecular flexibility index (Phi) is 4.14. The van der Waals surface area contributed by atoms with E-state index in [0.717, 1.165) is 0 Å². The first-order chi connectivity index (χ1) is 11.1. The molecule has 1 aromatic heterocycles. The van der Waals surface area contributed by atoms with Gasteiger partial charge in [-0.15, -0.1) is 0 Å². The highest BCUT2D eigenvalue weighted by molar-refractivity contribution is 5.99. The minimum Gasteiger partial charge on any atom is -0.472 e. The highest BCUT2D eigenvalue weighted by atomic mass is 16.5. The number of amides is 1. The molecule has 0 fully saturated rings. The summed E-state index contributed by atoms with van der Waals surface area (Å²) in [5, 5.41) is 18.8. The van der Waals surface area contributed by atoms with Crippen LogP contribution in [0.15, 0.2) is 42.5 Å². The van der Waals surface area contributed by atoms with Crippen molar-refractivity contribution in [1.29, 1.82) is 0 Å². The SMILES string of the molecule is Nc1ccc2c(n1)N(CC(O)CO)C(=O)C(c1ccccc1)O2. The molecule has 0 saturated heterocycles.